The fraction of sp³-hybridized carbons (Fsp3) is 0.583. The van der Waals surface area contributed by atoms with Crippen molar-refractivity contribution >= 4 is 23.8 Å². The number of fused-ring (bicyclic) bond motifs is 1. The van der Waals surface area contributed by atoms with E-state index in [9.17, 15) is 19.2 Å². The van der Waals surface area contributed by atoms with Crippen LogP contribution in [-0.4, -0.2) is 70.3 Å². The first-order chi connectivity index (χ1) is 15.0. The number of carbonyl (C=O) groups is 4. The maximum Gasteiger partial charge on any atom is 0.410 e. The number of nitrogens with zero attached hydrogens (tertiary/aromatic N) is 3. The third kappa shape index (κ3) is 4.23. The van der Waals surface area contributed by atoms with Crippen LogP contribution in [0.15, 0.2) is 18.2 Å². The molecule has 2 saturated heterocycles. The highest BCUT2D eigenvalue weighted by molar-refractivity contribution is 6.05. The van der Waals surface area contributed by atoms with Crippen LogP contribution < -0.4 is 0 Å². The van der Waals surface area contributed by atoms with Gasteiger partial charge in [0.15, 0.2) is 0 Å². The summed E-state index contributed by atoms with van der Waals surface area (Å²) in [6.07, 6.45) is 2.05. The molecule has 3 aliphatic rings. The molecule has 4 amide bonds. The SMILES string of the molecule is CN1C(=O)CCC(N2Cc3cc(C4CCN(C(=O)OC(C)(C)C)CC4)ccc3C2=O)C1=O. The number of amides is 4. The lowest BCUT2D eigenvalue weighted by atomic mass is 9.88. The van der Waals surface area contributed by atoms with Crippen LogP contribution in [0.4, 0.5) is 4.79 Å². The third-order valence-corrected chi connectivity index (χ3v) is 6.58. The maximum absolute atomic E-state index is 13.0. The smallest absolute Gasteiger partial charge is 0.410 e. The van der Waals surface area contributed by atoms with Crippen molar-refractivity contribution in [3.63, 3.8) is 0 Å². The number of piperidine rings is 2. The predicted molar refractivity (Wildman–Crippen MR) is 117 cm³/mol. The molecule has 1 aromatic carbocycles. The molecule has 172 valence electrons. The molecule has 4 rings (SSSR count). The number of hydrogen-bond donors (Lipinski definition) is 0. The van der Waals surface area contributed by atoms with E-state index in [1.54, 1.807) is 9.80 Å². The summed E-state index contributed by atoms with van der Waals surface area (Å²) in [5, 5.41) is 0. The number of likely N-dealkylation sites (N-methyl/N-ethyl adjacent to an activating group) is 1. The average molecular weight is 442 g/mol. The van der Waals surface area contributed by atoms with Gasteiger partial charge in [0.1, 0.15) is 11.6 Å². The van der Waals surface area contributed by atoms with Crippen molar-refractivity contribution in [3.8, 4) is 0 Å². The summed E-state index contributed by atoms with van der Waals surface area (Å²) in [6.45, 7) is 7.26. The minimum Gasteiger partial charge on any atom is -0.444 e. The molecule has 8 nitrogen and oxygen atoms in total. The molecule has 0 N–H and O–H groups in total. The summed E-state index contributed by atoms with van der Waals surface area (Å²) in [5.74, 6) is -0.344. The molecule has 1 atom stereocenters. The van der Waals surface area contributed by atoms with Gasteiger partial charge < -0.3 is 14.5 Å². The van der Waals surface area contributed by atoms with Gasteiger partial charge >= 0.3 is 6.09 Å². The lowest BCUT2D eigenvalue weighted by Crippen LogP contribution is -2.53. The molecule has 0 radical (unpaired) electrons. The van der Waals surface area contributed by atoms with Crippen LogP contribution in [0.3, 0.4) is 0 Å². The van der Waals surface area contributed by atoms with E-state index >= 15 is 0 Å². The Bertz CT molecular complexity index is 959. The Morgan fingerprint density at radius 3 is 2.41 bits per heavy atom. The molecule has 2 fully saturated rings. The molecular formula is C24H31N3O5. The molecular weight excluding hydrogens is 410 g/mol. The number of rotatable bonds is 2. The van der Waals surface area contributed by atoms with Crippen molar-refractivity contribution in [2.75, 3.05) is 20.1 Å². The lowest BCUT2D eigenvalue weighted by Gasteiger charge is -2.33. The molecule has 1 unspecified atom stereocenters. The minimum atomic E-state index is -0.585. The first-order valence-corrected chi connectivity index (χ1v) is 11.3. The summed E-state index contributed by atoms with van der Waals surface area (Å²) in [4.78, 5) is 54.1. The van der Waals surface area contributed by atoms with Crippen molar-refractivity contribution in [3.05, 3.63) is 34.9 Å². The summed E-state index contributed by atoms with van der Waals surface area (Å²) >= 11 is 0. The number of carbonyl (C=O) groups excluding carboxylic acids is 4. The summed E-state index contributed by atoms with van der Waals surface area (Å²) in [5.41, 5.74) is 2.21. The van der Waals surface area contributed by atoms with Gasteiger partial charge in [-0.05, 0) is 63.1 Å². The molecule has 32 heavy (non-hydrogen) atoms. The van der Waals surface area contributed by atoms with Crippen molar-refractivity contribution in [2.24, 2.45) is 0 Å². The van der Waals surface area contributed by atoms with E-state index in [-0.39, 0.29) is 30.2 Å². The molecule has 0 bridgehead atoms. The number of benzene rings is 1. The Labute approximate surface area is 188 Å². The van der Waals surface area contributed by atoms with Crippen molar-refractivity contribution < 1.29 is 23.9 Å². The maximum atomic E-state index is 13.0. The van der Waals surface area contributed by atoms with Crippen LogP contribution in [-0.2, 0) is 20.9 Å². The van der Waals surface area contributed by atoms with Gasteiger partial charge in [-0.1, -0.05) is 12.1 Å². The Morgan fingerprint density at radius 1 is 1.06 bits per heavy atom. The van der Waals surface area contributed by atoms with Gasteiger partial charge in [-0.15, -0.1) is 0 Å². The highest BCUT2D eigenvalue weighted by atomic mass is 16.6. The van der Waals surface area contributed by atoms with E-state index in [0.29, 0.717) is 37.5 Å². The van der Waals surface area contributed by atoms with Crippen molar-refractivity contribution in [1.29, 1.82) is 0 Å². The van der Waals surface area contributed by atoms with E-state index in [0.717, 1.165) is 28.9 Å². The zero-order valence-electron chi connectivity index (χ0n) is 19.2. The normalized spacial score (nSPS) is 22.4. The average Bonchev–Trinajstić information content (AvgIpc) is 3.07. The first-order valence-electron chi connectivity index (χ1n) is 11.3. The fourth-order valence-corrected chi connectivity index (χ4v) is 4.78. The Morgan fingerprint density at radius 2 is 1.75 bits per heavy atom. The van der Waals surface area contributed by atoms with E-state index in [1.807, 2.05) is 32.9 Å². The zero-order chi connectivity index (χ0) is 23.2. The number of imide groups is 1. The molecule has 1 aromatic rings. The van der Waals surface area contributed by atoms with Gasteiger partial charge in [-0.3, -0.25) is 19.3 Å². The zero-order valence-corrected chi connectivity index (χ0v) is 19.2. The van der Waals surface area contributed by atoms with Crippen LogP contribution in [0.2, 0.25) is 0 Å². The van der Waals surface area contributed by atoms with Gasteiger partial charge in [0, 0.05) is 38.7 Å². The van der Waals surface area contributed by atoms with E-state index in [1.165, 1.54) is 7.05 Å². The topological polar surface area (TPSA) is 87.2 Å². The van der Waals surface area contributed by atoms with Crippen LogP contribution in [0.1, 0.15) is 73.9 Å². The second-order valence-electron chi connectivity index (χ2n) is 9.94. The summed E-state index contributed by atoms with van der Waals surface area (Å²) < 4.78 is 5.47. The Balaban J connectivity index is 1.42. The largest absolute Gasteiger partial charge is 0.444 e. The summed E-state index contributed by atoms with van der Waals surface area (Å²) in [6, 6.07) is 5.34. The summed E-state index contributed by atoms with van der Waals surface area (Å²) in [7, 11) is 1.48. The predicted octanol–water partition coefficient (Wildman–Crippen LogP) is 2.90. The monoisotopic (exact) mass is 441 g/mol. The second-order valence-corrected chi connectivity index (χ2v) is 9.94. The lowest BCUT2D eigenvalue weighted by molar-refractivity contribution is -0.150. The minimum absolute atomic E-state index is 0.146. The number of ether oxygens (including phenoxy) is 1. The Hall–Kier alpha value is -2.90. The van der Waals surface area contributed by atoms with Gasteiger partial charge in [0.25, 0.3) is 11.8 Å². The highest BCUT2D eigenvalue weighted by Gasteiger charge is 2.41. The Kier molecular flexibility index (Phi) is 5.73. The van der Waals surface area contributed by atoms with Crippen molar-refractivity contribution in [1.82, 2.24) is 14.7 Å². The van der Waals surface area contributed by atoms with Crippen LogP contribution in [0, 0.1) is 0 Å². The second kappa shape index (κ2) is 8.22. The number of hydrogen-bond acceptors (Lipinski definition) is 5. The van der Waals surface area contributed by atoms with Crippen LogP contribution in [0.25, 0.3) is 0 Å². The molecule has 0 aliphatic carbocycles. The van der Waals surface area contributed by atoms with Gasteiger partial charge in [0.2, 0.25) is 5.91 Å². The van der Waals surface area contributed by atoms with E-state index < -0.39 is 11.6 Å². The highest BCUT2D eigenvalue weighted by Crippen LogP contribution is 2.34. The molecule has 3 aliphatic heterocycles. The molecule has 0 saturated carbocycles. The molecule has 3 heterocycles. The van der Waals surface area contributed by atoms with E-state index in [4.69, 9.17) is 4.74 Å². The van der Waals surface area contributed by atoms with Crippen LogP contribution in [0.5, 0.6) is 0 Å². The quantitative estimate of drug-likeness (QED) is 0.659. The molecule has 0 spiro atoms. The van der Waals surface area contributed by atoms with Crippen LogP contribution >= 0.6 is 0 Å². The van der Waals surface area contributed by atoms with Gasteiger partial charge in [-0.2, -0.15) is 0 Å². The number of likely N-dealkylation sites (tertiary alicyclic amines) is 2. The van der Waals surface area contributed by atoms with E-state index in [2.05, 4.69) is 6.07 Å². The fourth-order valence-electron chi connectivity index (χ4n) is 4.78. The molecule has 8 heteroatoms. The van der Waals surface area contributed by atoms with Gasteiger partial charge in [-0.25, -0.2) is 4.79 Å². The standard InChI is InChI=1S/C24H31N3O5/c1-24(2,3)32-23(31)26-11-9-15(10-12-26)16-5-6-18-17(13-16)14-27(21(18)29)19-7-8-20(28)25(4)22(19)30/h5-6,13,15,19H,7-12,14H2,1-4H3. The first kappa shape index (κ1) is 22.3. The van der Waals surface area contributed by atoms with Gasteiger partial charge in [0.05, 0.1) is 0 Å². The molecule has 0 aromatic heterocycles. The third-order valence-electron chi connectivity index (χ3n) is 6.58. The van der Waals surface area contributed by atoms with Crippen molar-refractivity contribution in [2.45, 2.75) is 70.6 Å².